The fourth-order valence-corrected chi connectivity index (χ4v) is 3.83. The molecule has 24 heavy (non-hydrogen) atoms. The molecule has 3 aromatic rings. The molecule has 0 spiro atoms. The third kappa shape index (κ3) is 3.53. The fourth-order valence-electron chi connectivity index (χ4n) is 2.44. The third-order valence-corrected chi connectivity index (χ3v) is 5.22. The lowest BCUT2D eigenvalue weighted by Gasteiger charge is -2.09. The monoisotopic (exact) mass is 346 g/mol. The molecule has 2 aromatic heterocycles. The van der Waals surface area contributed by atoms with Crippen LogP contribution in [0.1, 0.15) is 23.8 Å². The molecular weight excluding hydrogens is 328 g/mol. The molecule has 7 nitrogen and oxygen atoms in total. The summed E-state index contributed by atoms with van der Waals surface area (Å²) < 4.78 is 32.1. The minimum atomic E-state index is -3.51. The topological polar surface area (TPSA) is 90.9 Å². The number of imidazole rings is 1. The number of aryl methyl sites for hydroxylation is 3. The van der Waals surface area contributed by atoms with Crippen molar-refractivity contribution >= 4 is 9.84 Å². The molecule has 0 bridgehead atoms. The molecule has 0 amide bonds. The van der Waals surface area contributed by atoms with Crippen molar-refractivity contribution in [2.24, 2.45) is 0 Å². The number of aromatic nitrogens is 4. The van der Waals surface area contributed by atoms with Crippen LogP contribution in [0, 0.1) is 13.8 Å². The van der Waals surface area contributed by atoms with Crippen molar-refractivity contribution in [2.45, 2.75) is 31.8 Å². The largest absolute Gasteiger partial charge is 0.426 e. The molecule has 0 saturated heterocycles. The molecule has 0 aliphatic heterocycles. The minimum Gasteiger partial charge on any atom is -0.426 e. The lowest BCUT2D eigenvalue weighted by Crippen LogP contribution is -2.14. The van der Waals surface area contributed by atoms with Crippen molar-refractivity contribution < 1.29 is 12.8 Å². The predicted molar refractivity (Wildman–Crippen MR) is 87.7 cm³/mol. The SMILES string of the molecule is Cc1cccc(-n2ccnc2S(=O)(=O)CCCc2nnc(C)o2)c1. The van der Waals surface area contributed by atoms with E-state index < -0.39 is 9.84 Å². The number of sulfone groups is 1. The summed E-state index contributed by atoms with van der Waals surface area (Å²) in [7, 11) is -3.51. The van der Waals surface area contributed by atoms with Gasteiger partial charge in [0.15, 0.2) is 0 Å². The summed E-state index contributed by atoms with van der Waals surface area (Å²) in [6.07, 6.45) is 3.97. The van der Waals surface area contributed by atoms with E-state index in [2.05, 4.69) is 15.2 Å². The molecule has 0 radical (unpaired) electrons. The highest BCUT2D eigenvalue weighted by molar-refractivity contribution is 7.91. The maximum absolute atomic E-state index is 12.6. The second-order valence-corrected chi connectivity index (χ2v) is 7.56. The molecule has 0 aliphatic carbocycles. The zero-order valence-electron chi connectivity index (χ0n) is 13.5. The quantitative estimate of drug-likeness (QED) is 0.680. The van der Waals surface area contributed by atoms with E-state index in [1.165, 1.54) is 6.20 Å². The summed E-state index contributed by atoms with van der Waals surface area (Å²) in [6, 6.07) is 7.62. The van der Waals surface area contributed by atoms with Crippen LogP contribution in [-0.2, 0) is 16.3 Å². The molecular formula is C16H18N4O3S. The number of hydrogen-bond acceptors (Lipinski definition) is 6. The number of nitrogens with zero attached hydrogens (tertiary/aromatic N) is 4. The Hall–Kier alpha value is -2.48. The van der Waals surface area contributed by atoms with E-state index in [-0.39, 0.29) is 10.9 Å². The van der Waals surface area contributed by atoms with Gasteiger partial charge in [0.05, 0.1) is 5.75 Å². The summed E-state index contributed by atoms with van der Waals surface area (Å²) in [5, 5.41) is 7.65. The molecule has 2 heterocycles. The van der Waals surface area contributed by atoms with Gasteiger partial charge in [-0.1, -0.05) is 12.1 Å². The number of benzene rings is 1. The van der Waals surface area contributed by atoms with Gasteiger partial charge in [-0.15, -0.1) is 10.2 Å². The zero-order chi connectivity index (χ0) is 17.2. The average Bonchev–Trinajstić information content (AvgIpc) is 3.16. The lowest BCUT2D eigenvalue weighted by molar-refractivity contribution is 0.464. The first-order valence-electron chi connectivity index (χ1n) is 7.58. The molecule has 0 fully saturated rings. The summed E-state index contributed by atoms with van der Waals surface area (Å²) in [4.78, 5) is 4.05. The summed E-state index contributed by atoms with van der Waals surface area (Å²) in [5.41, 5.74) is 1.83. The molecule has 1 aromatic carbocycles. The van der Waals surface area contributed by atoms with Crippen LogP contribution in [0.3, 0.4) is 0 Å². The lowest BCUT2D eigenvalue weighted by atomic mass is 10.2. The van der Waals surface area contributed by atoms with Crippen LogP contribution in [0.5, 0.6) is 0 Å². The van der Waals surface area contributed by atoms with Gasteiger partial charge in [0.25, 0.3) is 0 Å². The first kappa shape index (κ1) is 16.4. The smallest absolute Gasteiger partial charge is 0.232 e. The Kier molecular flexibility index (Phi) is 4.48. The van der Waals surface area contributed by atoms with Crippen LogP contribution < -0.4 is 0 Å². The van der Waals surface area contributed by atoms with Crippen molar-refractivity contribution in [1.29, 1.82) is 0 Å². The first-order chi connectivity index (χ1) is 11.5. The molecule has 8 heteroatoms. The Labute approximate surface area is 140 Å². The Morgan fingerprint density at radius 1 is 1.21 bits per heavy atom. The van der Waals surface area contributed by atoms with Gasteiger partial charge in [0.1, 0.15) is 0 Å². The predicted octanol–water partition coefficient (Wildman–Crippen LogP) is 2.28. The van der Waals surface area contributed by atoms with Crippen LogP contribution in [-0.4, -0.2) is 33.9 Å². The van der Waals surface area contributed by atoms with E-state index in [9.17, 15) is 8.42 Å². The molecule has 126 valence electrons. The Morgan fingerprint density at radius 3 is 2.75 bits per heavy atom. The van der Waals surface area contributed by atoms with Gasteiger partial charge in [-0.3, -0.25) is 4.57 Å². The molecule has 3 rings (SSSR count). The van der Waals surface area contributed by atoms with E-state index in [1.807, 2.05) is 31.2 Å². The van der Waals surface area contributed by atoms with Crippen molar-refractivity contribution in [1.82, 2.24) is 19.7 Å². The van der Waals surface area contributed by atoms with Crippen LogP contribution in [0.4, 0.5) is 0 Å². The third-order valence-electron chi connectivity index (χ3n) is 3.54. The summed E-state index contributed by atoms with van der Waals surface area (Å²) in [6.45, 7) is 3.66. The van der Waals surface area contributed by atoms with Crippen LogP contribution in [0.25, 0.3) is 5.69 Å². The van der Waals surface area contributed by atoms with E-state index >= 15 is 0 Å². The first-order valence-corrected chi connectivity index (χ1v) is 9.23. The van der Waals surface area contributed by atoms with Gasteiger partial charge in [0.2, 0.25) is 26.8 Å². The van der Waals surface area contributed by atoms with E-state index in [0.29, 0.717) is 24.6 Å². The second-order valence-electron chi connectivity index (χ2n) is 5.56. The summed E-state index contributed by atoms with van der Waals surface area (Å²) >= 11 is 0. The average molecular weight is 346 g/mol. The van der Waals surface area contributed by atoms with Crippen molar-refractivity contribution in [3.63, 3.8) is 0 Å². The van der Waals surface area contributed by atoms with Crippen LogP contribution in [0.2, 0.25) is 0 Å². The molecule has 0 atom stereocenters. The number of rotatable bonds is 6. The van der Waals surface area contributed by atoms with Crippen molar-refractivity contribution in [2.75, 3.05) is 5.75 Å². The Morgan fingerprint density at radius 2 is 2.04 bits per heavy atom. The van der Waals surface area contributed by atoms with Gasteiger partial charge in [-0.2, -0.15) is 0 Å². The molecule has 0 unspecified atom stereocenters. The highest BCUT2D eigenvalue weighted by Gasteiger charge is 2.21. The van der Waals surface area contributed by atoms with Gasteiger partial charge >= 0.3 is 0 Å². The van der Waals surface area contributed by atoms with E-state index in [4.69, 9.17) is 4.42 Å². The standard InChI is InChI=1S/C16H18N4O3S/c1-12-5-3-6-14(11-12)20-9-8-17-16(20)24(21,22)10-4-7-15-19-18-13(2)23-15/h3,5-6,8-9,11H,4,7,10H2,1-2H3. The number of hydrogen-bond donors (Lipinski definition) is 0. The van der Waals surface area contributed by atoms with E-state index in [1.54, 1.807) is 17.7 Å². The minimum absolute atomic E-state index is 0.0305. The Bertz CT molecular complexity index is 944. The highest BCUT2D eigenvalue weighted by Crippen LogP contribution is 2.18. The molecule has 0 saturated carbocycles. The van der Waals surface area contributed by atoms with Gasteiger partial charge in [-0.25, -0.2) is 13.4 Å². The highest BCUT2D eigenvalue weighted by atomic mass is 32.2. The second kappa shape index (κ2) is 6.56. The van der Waals surface area contributed by atoms with Crippen molar-refractivity contribution in [3.8, 4) is 5.69 Å². The van der Waals surface area contributed by atoms with Crippen LogP contribution in [0.15, 0.2) is 46.2 Å². The zero-order valence-corrected chi connectivity index (χ0v) is 14.3. The van der Waals surface area contributed by atoms with Gasteiger partial charge < -0.3 is 4.42 Å². The van der Waals surface area contributed by atoms with E-state index in [0.717, 1.165) is 11.3 Å². The van der Waals surface area contributed by atoms with Gasteiger partial charge in [-0.05, 0) is 31.0 Å². The Balaban J connectivity index is 1.77. The van der Waals surface area contributed by atoms with Crippen LogP contribution >= 0.6 is 0 Å². The molecule has 0 aliphatic rings. The van der Waals surface area contributed by atoms with Crippen molar-refractivity contribution in [3.05, 3.63) is 54.0 Å². The summed E-state index contributed by atoms with van der Waals surface area (Å²) in [5.74, 6) is 0.893. The maximum Gasteiger partial charge on any atom is 0.232 e. The molecule has 0 N–H and O–H groups in total. The fraction of sp³-hybridized carbons (Fsp3) is 0.312. The normalized spacial score (nSPS) is 11.8. The van der Waals surface area contributed by atoms with Gasteiger partial charge in [0, 0.05) is 31.4 Å². The maximum atomic E-state index is 12.6.